The Morgan fingerprint density at radius 1 is 1.00 bits per heavy atom. The third-order valence-electron chi connectivity index (χ3n) is 7.50. The van der Waals surface area contributed by atoms with E-state index in [0.717, 1.165) is 56.8 Å². The van der Waals surface area contributed by atoms with Crippen molar-refractivity contribution in [3.63, 3.8) is 0 Å². The van der Waals surface area contributed by atoms with Gasteiger partial charge in [0.1, 0.15) is 6.61 Å². The lowest BCUT2D eigenvalue weighted by atomic mass is 9.59. The maximum atomic E-state index is 12.4. The van der Waals surface area contributed by atoms with Crippen LogP contribution in [-0.2, 0) is 4.79 Å². The van der Waals surface area contributed by atoms with E-state index in [0.29, 0.717) is 5.92 Å². The highest BCUT2D eigenvalue weighted by Crippen LogP contribution is 2.51. The van der Waals surface area contributed by atoms with Gasteiger partial charge in [0.05, 0.1) is 6.10 Å². The van der Waals surface area contributed by atoms with Crippen LogP contribution in [0.3, 0.4) is 0 Å². The van der Waals surface area contributed by atoms with E-state index < -0.39 is 0 Å². The largest absolute Gasteiger partial charge is 0.393 e. The molecule has 3 nitrogen and oxygen atoms in total. The molecule has 3 fully saturated rings. The zero-order valence-corrected chi connectivity index (χ0v) is 14.7. The molecule has 0 aliphatic heterocycles. The molecule has 6 unspecified atom stereocenters. The Balaban J connectivity index is 1.85. The van der Waals surface area contributed by atoms with E-state index in [2.05, 4.69) is 6.92 Å². The van der Waals surface area contributed by atoms with Gasteiger partial charge in [0.25, 0.3) is 0 Å². The minimum atomic E-state index is -0.297. The van der Waals surface area contributed by atoms with Gasteiger partial charge in [-0.15, -0.1) is 0 Å². The van der Waals surface area contributed by atoms with Gasteiger partial charge in [-0.25, -0.2) is 0 Å². The minimum absolute atomic E-state index is 0.0383. The van der Waals surface area contributed by atoms with Gasteiger partial charge < -0.3 is 10.2 Å². The van der Waals surface area contributed by atoms with Gasteiger partial charge in [-0.1, -0.05) is 26.2 Å². The SMILES string of the molecule is CC12CCC(CCCCC1C(=O)CO)C1CCC(O)CC1CC2. The first-order valence-electron chi connectivity index (χ1n) is 9.85. The molecule has 0 saturated heterocycles. The van der Waals surface area contributed by atoms with Crippen molar-refractivity contribution in [2.75, 3.05) is 6.61 Å². The molecule has 0 aromatic carbocycles. The molecule has 0 aromatic heterocycles. The van der Waals surface area contributed by atoms with Crippen molar-refractivity contribution in [1.82, 2.24) is 0 Å². The van der Waals surface area contributed by atoms with Crippen LogP contribution in [0.5, 0.6) is 0 Å². The van der Waals surface area contributed by atoms with E-state index in [1.54, 1.807) is 0 Å². The number of Topliss-reactive ketones (excluding diaryl/α,β-unsaturated/α-hetero) is 1. The molecule has 3 heteroatoms. The molecule has 0 spiro atoms. The van der Waals surface area contributed by atoms with Gasteiger partial charge in [-0.3, -0.25) is 4.79 Å². The van der Waals surface area contributed by atoms with Crippen LogP contribution in [0.2, 0.25) is 0 Å². The number of fused-ring (bicyclic) bond motifs is 5. The predicted octanol–water partition coefficient (Wildman–Crippen LogP) is 3.71. The predicted molar refractivity (Wildman–Crippen MR) is 91.0 cm³/mol. The van der Waals surface area contributed by atoms with Crippen molar-refractivity contribution in [2.45, 2.75) is 83.7 Å². The first-order valence-corrected chi connectivity index (χ1v) is 9.85. The summed E-state index contributed by atoms with van der Waals surface area (Å²) < 4.78 is 0. The average molecular weight is 322 g/mol. The van der Waals surface area contributed by atoms with Gasteiger partial charge in [-0.05, 0) is 74.5 Å². The number of aliphatic hydroxyl groups excluding tert-OH is 2. The lowest BCUT2D eigenvalue weighted by Crippen LogP contribution is -2.40. The van der Waals surface area contributed by atoms with E-state index in [-0.39, 0.29) is 29.8 Å². The first kappa shape index (κ1) is 17.4. The van der Waals surface area contributed by atoms with Crippen molar-refractivity contribution in [2.24, 2.45) is 29.1 Å². The second-order valence-corrected chi connectivity index (χ2v) is 8.84. The van der Waals surface area contributed by atoms with Crippen LogP contribution in [0.1, 0.15) is 77.6 Å². The van der Waals surface area contributed by atoms with Crippen LogP contribution in [0.4, 0.5) is 0 Å². The summed E-state index contributed by atoms with van der Waals surface area (Å²) in [5.74, 6) is 2.33. The zero-order valence-electron chi connectivity index (χ0n) is 14.7. The van der Waals surface area contributed by atoms with E-state index in [1.165, 1.54) is 25.7 Å². The quantitative estimate of drug-likeness (QED) is 0.815. The average Bonchev–Trinajstić information content (AvgIpc) is 2.60. The Morgan fingerprint density at radius 2 is 1.70 bits per heavy atom. The van der Waals surface area contributed by atoms with Crippen LogP contribution < -0.4 is 0 Å². The highest BCUT2D eigenvalue weighted by Gasteiger charge is 2.44. The number of aliphatic hydroxyl groups is 2. The fourth-order valence-corrected chi connectivity index (χ4v) is 6.05. The Kier molecular flexibility index (Phi) is 5.47. The van der Waals surface area contributed by atoms with Gasteiger partial charge in [0, 0.05) is 5.92 Å². The molecule has 0 amide bonds. The lowest BCUT2D eigenvalue weighted by molar-refractivity contribution is -0.131. The minimum Gasteiger partial charge on any atom is -0.393 e. The Bertz CT molecular complexity index is 421. The van der Waals surface area contributed by atoms with E-state index in [9.17, 15) is 15.0 Å². The molecule has 23 heavy (non-hydrogen) atoms. The fraction of sp³-hybridized carbons (Fsp3) is 0.950. The molecule has 2 bridgehead atoms. The summed E-state index contributed by atoms with van der Waals surface area (Å²) in [6.45, 7) is 2.00. The number of ketones is 1. The molecular weight excluding hydrogens is 288 g/mol. The molecule has 0 radical (unpaired) electrons. The first-order chi connectivity index (χ1) is 11.0. The zero-order chi connectivity index (χ0) is 16.4. The molecular formula is C20H34O3. The topological polar surface area (TPSA) is 57.5 Å². The maximum absolute atomic E-state index is 12.4. The van der Waals surface area contributed by atoms with Gasteiger partial charge in [0.2, 0.25) is 0 Å². The van der Waals surface area contributed by atoms with E-state index in [1.807, 2.05) is 0 Å². The molecule has 0 heterocycles. The number of hydrogen-bond acceptors (Lipinski definition) is 3. The Morgan fingerprint density at radius 3 is 2.43 bits per heavy atom. The highest BCUT2D eigenvalue weighted by molar-refractivity contribution is 5.82. The number of hydrogen-bond donors (Lipinski definition) is 2. The lowest BCUT2D eigenvalue weighted by Gasteiger charge is -2.46. The molecule has 3 rings (SSSR count). The van der Waals surface area contributed by atoms with Crippen LogP contribution in [0.15, 0.2) is 0 Å². The molecule has 3 aliphatic carbocycles. The van der Waals surface area contributed by atoms with Crippen LogP contribution in [0, 0.1) is 29.1 Å². The molecule has 3 aliphatic rings. The summed E-state index contributed by atoms with van der Waals surface area (Å²) in [4.78, 5) is 12.4. The van der Waals surface area contributed by atoms with Crippen molar-refractivity contribution >= 4 is 5.78 Å². The Labute approximate surface area is 140 Å². The number of carbonyl (C=O) groups excluding carboxylic acids is 1. The monoisotopic (exact) mass is 322 g/mol. The number of rotatable bonds is 2. The maximum Gasteiger partial charge on any atom is 0.161 e. The summed E-state index contributed by atoms with van der Waals surface area (Å²) in [5, 5.41) is 19.5. The smallest absolute Gasteiger partial charge is 0.161 e. The van der Waals surface area contributed by atoms with Crippen molar-refractivity contribution in [1.29, 1.82) is 0 Å². The second-order valence-electron chi connectivity index (χ2n) is 8.84. The standard InChI is InChI=1S/C20H34O3/c1-20-10-8-14(4-2-3-5-18(20)19(23)13-21)17-7-6-16(22)12-15(17)9-11-20/h14-18,21-22H,2-13H2,1H3. The van der Waals surface area contributed by atoms with Crippen LogP contribution in [0.25, 0.3) is 0 Å². The highest BCUT2D eigenvalue weighted by atomic mass is 16.3. The van der Waals surface area contributed by atoms with Gasteiger partial charge in [-0.2, -0.15) is 0 Å². The third-order valence-corrected chi connectivity index (χ3v) is 7.50. The fourth-order valence-electron chi connectivity index (χ4n) is 6.05. The molecule has 3 saturated carbocycles. The summed E-state index contributed by atoms with van der Waals surface area (Å²) >= 11 is 0. The van der Waals surface area contributed by atoms with Crippen LogP contribution in [-0.4, -0.2) is 28.7 Å². The van der Waals surface area contributed by atoms with Gasteiger partial charge in [0.15, 0.2) is 5.78 Å². The van der Waals surface area contributed by atoms with Crippen molar-refractivity contribution < 1.29 is 15.0 Å². The Hall–Kier alpha value is -0.410. The molecule has 6 atom stereocenters. The second kappa shape index (κ2) is 7.23. The van der Waals surface area contributed by atoms with E-state index in [4.69, 9.17) is 0 Å². The van der Waals surface area contributed by atoms with Crippen molar-refractivity contribution in [3.8, 4) is 0 Å². The summed E-state index contributed by atoms with van der Waals surface area (Å²) in [6, 6.07) is 0. The van der Waals surface area contributed by atoms with Gasteiger partial charge >= 0.3 is 0 Å². The molecule has 132 valence electrons. The summed E-state index contributed by atoms with van der Waals surface area (Å²) in [5.41, 5.74) is 0.0514. The molecule has 0 aromatic rings. The van der Waals surface area contributed by atoms with E-state index >= 15 is 0 Å². The van der Waals surface area contributed by atoms with Crippen molar-refractivity contribution in [3.05, 3.63) is 0 Å². The number of carbonyl (C=O) groups is 1. The normalized spacial score (nSPS) is 45.1. The third kappa shape index (κ3) is 3.66. The van der Waals surface area contributed by atoms with Crippen LogP contribution >= 0.6 is 0 Å². The summed E-state index contributed by atoms with van der Waals surface area (Å²) in [7, 11) is 0. The summed E-state index contributed by atoms with van der Waals surface area (Å²) in [6.07, 6.45) is 12.3. The molecule has 2 N–H and O–H groups in total.